The molecule has 0 aliphatic carbocycles. The number of rotatable bonds is 12. The molecule has 0 spiro atoms. The Kier molecular flexibility index (Phi) is 12.9. The summed E-state index contributed by atoms with van der Waals surface area (Å²) in [5, 5.41) is 39.0. The number of β-amino-alcohol motifs (C(OH)–C–C–N with tert-alkyl or cyclic N) is 1. The number of nitrogens with one attached hydrogen (secondary N) is 3. The third kappa shape index (κ3) is 10.0. The second-order valence-corrected chi connectivity index (χ2v) is 17.9. The summed E-state index contributed by atoms with van der Waals surface area (Å²) in [6.45, 7) is 11.1. The standard InChI is InChI=1S/C46H54N8O5S/c1-28(30-10-12-32(13-11-30)42-29(2)47-27-60-42)49-44(58)39-23-36(55)25-54(39)45(59)43(46(3,4)5)51-41(57)26-53-20-18-35(19-21-53)50-34-16-14-31(15-17-34)33-22-38(52-48-24-33)37-8-6-7-9-40(37)56/h6-17,22,24,27-28,35-36,39,43,50,55-56H,18-21,23,25-26H2,1-5H3,(H,49,58)(H,51,57)/t28?,36-,39+,43?/m1/s1. The van der Waals surface area contributed by atoms with E-state index in [4.69, 9.17) is 0 Å². The lowest BCUT2D eigenvalue weighted by molar-refractivity contribution is -0.144. The van der Waals surface area contributed by atoms with Crippen molar-refractivity contribution in [1.82, 2.24) is 35.6 Å². The summed E-state index contributed by atoms with van der Waals surface area (Å²) < 4.78 is 0. The normalized spacial score (nSPS) is 18.5. The molecule has 0 radical (unpaired) electrons. The maximum Gasteiger partial charge on any atom is 0.246 e. The van der Waals surface area contributed by atoms with Gasteiger partial charge in [0.2, 0.25) is 17.7 Å². The molecule has 3 amide bonds. The summed E-state index contributed by atoms with van der Waals surface area (Å²) in [6, 6.07) is 23.2. The van der Waals surface area contributed by atoms with Crippen LogP contribution in [0.5, 0.6) is 5.75 Å². The number of phenolic OH excluding ortho intramolecular Hbond substituents is 1. The van der Waals surface area contributed by atoms with Crippen molar-refractivity contribution in [1.29, 1.82) is 0 Å². The largest absolute Gasteiger partial charge is 0.507 e. The highest BCUT2D eigenvalue weighted by Gasteiger charge is 2.45. The van der Waals surface area contributed by atoms with E-state index in [0.29, 0.717) is 24.3 Å². The molecule has 2 saturated heterocycles. The third-order valence-electron chi connectivity index (χ3n) is 11.4. The third-order valence-corrected chi connectivity index (χ3v) is 12.4. The molecular weight excluding hydrogens is 777 g/mol. The molecular formula is C46H54N8O5S. The van der Waals surface area contributed by atoms with Gasteiger partial charge in [0.1, 0.15) is 17.8 Å². The van der Waals surface area contributed by atoms with Crippen molar-refractivity contribution in [3.63, 3.8) is 0 Å². The highest BCUT2D eigenvalue weighted by Crippen LogP contribution is 2.32. The van der Waals surface area contributed by atoms with E-state index in [0.717, 1.165) is 51.4 Å². The van der Waals surface area contributed by atoms with E-state index in [1.807, 2.05) is 107 Å². The second kappa shape index (κ2) is 18.3. The van der Waals surface area contributed by atoms with Gasteiger partial charge in [-0.25, -0.2) is 4.98 Å². The first-order chi connectivity index (χ1) is 28.7. The number of carbonyl (C=O) groups is 3. The van der Waals surface area contributed by atoms with E-state index in [2.05, 4.69) is 36.0 Å². The highest BCUT2D eigenvalue weighted by atomic mass is 32.1. The van der Waals surface area contributed by atoms with Crippen molar-refractivity contribution in [3.8, 4) is 38.6 Å². The summed E-state index contributed by atoms with van der Waals surface area (Å²) in [5.74, 6) is -0.823. The van der Waals surface area contributed by atoms with Crippen molar-refractivity contribution in [2.45, 2.75) is 84.2 Å². The van der Waals surface area contributed by atoms with Crippen LogP contribution in [0.4, 0.5) is 5.69 Å². The van der Waals surface area contributed by atoms with Gasteiger partial charge >= 0.3 is 0 Å². The van der Waals surface area contributed by atoms with E-state index in [9.17, 15) is 24.6 Å². The van der Waals surface area contributed by atoms with Crippen LogP contribution in [0, 0.1) is 12.3 Å². The summed E-state index contributed by atoms with van der Waals surface area (Å²) >= 11 is 1.58. The van der Waals surface area contributed by atoms with E-state index < -0.39 is 23.6 Å². The van der Waals surface area contributed by atoms with E-state index in [1.165, 1.54) is 4.90 Å². The molecule has 13 nitrogen and oxygen atoms in total. The first-order valence-electron chi connectivity index (χ1n) is 20.5. The predicted molar refractivity (Wildman–Crippen MR) is 234 cm³/mol. The number of hydrogen-bond donors (Lipinski definition) is 5. The van der Waals surface area contributed by atoms with Crippen LogP contribution in [-0.2, 0) is 14.4 Å². The number of amides is 3. The molecule has 2 aliphatic rings. The minimum atomic E-state index is -0.895. The number of thiazole rings is 1. The average molecular weight is 831 g/mol. The van der Waals surface area contributed by atoms with Crippen molar-refractivity contribution in [2.75, 3.05) is 31.5 Å². The first kappa shape index (κ1) is 42.4. The Morgan fingerprint density at radius 3 is 2.30 bits per heavy atom. The number of aromatic nitrogens is 3. The topological polar surface area (TPSA) is 173 Å². The Balaban J connectivity index is 0.902. The van der Waals surface area contributed by atoms with Crippen molar-refractivity contribution < 1.29 is 24.6 Å². The Bertz CT molecular complexity index is 2280. The smallest absolute Gasteiger partial charge is 0.246 e. The number of para-hydroxylation sites is 1. The number of carbonyl (C=O) groups excluding carboxylic acids is 3. The number of aliphatic hydroxyl groups excluding tert-OH is 1. The van der Waals surface area contributed by atoms with Crippen LogP contribution in [0.3, 0.4) is 0 Å². The number of aromatic hydroxyl groups is 1. The number of phenols is 1. The SMILES string of the molecule is Cc1ncsc1-c1ccc(C(C)NC(=O)[C@@H]2C[C@@H](O)CN2C(=O)C(NC(=O)CN2CCC(Nc3ccc(-c4cnnc(-c5ccccc5O)c4)cc3)CC2)C(C)(C)C)cc1. The van der Waals surface area contributed by atoms with Crippen LogP contribution in [0.2, 0.25) is 0 Å². The number of piperidine rings is 1. The van der Waals surface area contributed by atoms with Crippen LogP contribution in [-0.4, -0.2) is 103 Å². The maximum absolute atomic E-state index is 14.2. The molecule has 2 aromatic heterocycles. The van der Waals surface area contributed by atoms with Gasteiger partial charge in [-0.2, -0.15) is 10.2 Å². The van der Waals surface area contributed by atoms with Gasteiger partial charge in [-0.15, -0.1) is 11.3 Å². The Morgan fingerprint density at radius 1 is 0.933 bits per heavy atom. The van der Waals surface area contributed by atoms with Crippen LogP contribution in [0.15, 0.2) is 90.6 Å². The lowest BCUT2D eigenvalue weighted by Gasteiger charge is -2.36. The minimum absolute atomic E-state index is 0.0153. The molecule has 5 N–H and O–H groups in total. The highest BCUT2D eigenvalue weighted by molar-refractivity contribution is 7.13. The lowest BCUT2D eigenvalue weighted by atomic mass is 9.85. The van der Waals surface area contributed by atoms with Crippen molar-refractivity contribution in [3.05, 3.63) is 102 Å². The molecule has 5 aromatic rings. The van der Waals surface area contributed by atoms with Crippen LogP contribution in [0.1, 0.15) is 64.3 Å². The number of anilines is 1. The van der Waals surface area contributed by atoms with Crippen molar-refractivity contribution >= 4 is 34.7 Å². The zero-order valence-corrected chi connectivity index (χ0v) is 35.6. The zero-order chi connectivity index (χ0) is 42.6. The summed E-state index contributed by atoms with van der Waals surface area (Å²) in [4.78, 5) is 50.4. The molecule has 7 rings (SSSR count). The first-order valence-corrected chi connectivity index (χ1v) is 21.4. The summed E-state index contributed by atoms with van der Waals surface area (Å²) in [5.41, 5.74) is 8.22. The van der Waals surface area contributed by atoms with Crippen molar-refractivity contribution in [2.24, 2.45) is 5.41 Å². The fourth-order valence-electron chi connectivity index (χ4n) is 8.00. The van der Waals surface area contributed by atoms with Gasteiger partial charge in [0.05, 0.1) is 46.7 Å². The fourth-order valence-corrected chi connectivity index (χ4v) is 8.81. The van der Waals surface area contributed by atoms with E-state index in [-0.39, 0.29) is 55.1 Å². The Hall–Kier alpha value is -5.70. The second-order valence-electron chi connectivity index (χ2n) is 17.0. The zero-order valence-electron chi connectivity index (χ0n) is 34.8. The van der Waals surface area contributed by atoms with Crippen LogP contribution >= 0.6 is 11.3 Å². The van der Waals surface area contributed by atoms with Gasteiger partial charge in [-0.05, 0) is 79.1 Å². The number of likely N-dealkylation sites (tertiary alicyclic amines) is 2. The molecule has 0 saturated carbocycles. The van der Waals surface area contributed by atoms with Crippen LogP contribution < -0.4 is 16.0 Å². The molecule has 14 heteroatoms. The summed E-state index contributed by atoms with van der Waals surface area (Å²) in [7, 11) is 0. The molecule has 4 atom stereocenters. The predicted octanol–water partition coefficient (Wildman–Crippen LogP) is 6.19. The van der Waals surface area contributed by atoms with Gasteiger partial charge in [0, 0.05) is 48.9 Å². The molecule has 314 valence electrons. The number of nitrogens with zero attached hydrogens (tertiary/aromatic N) is 5. The van der Waals surface area contributed by atoms with Gasteiger partial charge in [0.15, 0.2) is 0 Å². The average Bonchev–Trinajstić information content (AvgIpc) is 3.85. The van der Waals surface area contributed by atoms with E-state index in [1.54, 1.807) is 29.7 Å². The van der Waals surface area contributed by atoms with Gasteiger partial charge in [-0.3, -0.25) is 19.3 Å². The number of hydrogen-bond acceptors (Lipinski definition) is 11. The van der Waals surface area contributed by atoms with E-state index >= 15 is 0 Å². The summed E-state index contributed by atoms with van der Waals surface area (Å²) in [6.07, 6.45) is 2.65. The Morgan fingerprint density at radius 2 is 1.63 bits per heavy atom. The lowest BCUT2D eigenvalue weighted by Crippen LogP contribution is -2.59. The molecule has 4 heterocycles. The molecule has 0 bridgehead atoms. The maximum atomic E-state index is 14.2. The number of aliphatic hydroxyl groups is 1. The monoisotopic (exact) mass is 830 g/mol. The van der Waals surface area contributed by atoms with Gasteiger partial charge in [-0.1, -0.05) is 69.3 Å². The fraction of sp³-hybridized carbons (Fsp3) is 0.391. The molecule has 2 unspecified atom stereocenters. The molecule has 3 aromatic carbocycles. The minimum Gasteiger partial charge on any atom is -0.507 e. The molecule has 60 heavy (non-hydrogen) atoms. The van der Waals surface area contributed by atoms with Gasteiger partial charge in [0.25, 0.3) is 0 Å². The van der Waals surface area contributed by atoms with Crippen LogP contribution in [0.25, 0.3) is 32.8 Å². The molecule has 2 fully saturated rings. The number of aryl methyl sites for hydroxylation is 1. The molecule has 2 aliphatic heterocycles. The Labute approximate surface area is 355 Å². The quantitative estimate of drug-likeness (QED) is 0.0976. The van der Waals surface area contributed by atoms with Gasteiger partial charge < -0.3 is 31.1 Å². The number of benzene rings is 3.